The van der Waals surface area contributed by atoms with Crippen LogP contribution in [0.1, 0.15) is 78.3 Å². The average molecular weight is 574 g/mol. The van der Waals surface area contributed by atoms with E-state index in [1.807, 2.05) is 60.3 Å². The van der Waals surface area contributed by atoms with Crippen LogP contribution in [0.5, 0.6) is 0 Å². The van der Waals surface area contributed by atoms with Crippen LogP contribution in [0, 0.1) is 6.92 Å². The second-order valence-corrected chi connectivity index (χ2v) is 12.0. The van der Waals surface area contributed by atoms with Gasteiger partial charge in [-0.3, -0.25) is 9.78 Å². The number of carbonyl (C=O) groups is 2. The first-order valence-corrected chi connectivity index (χ1v) is 15.1. The molecule has 3 aromatic heterocycles. The number of fused-ring (bicyclic) bond motifs is 2. The van der Waals surface area contributed by atoms with Gasteiger partial charge in [0, 0.05) is 41.8 Å². The highest BCUT2D eigenvalue weighted by molar-refractivity contribution is 6.01. The minimum absolute atomic E-state index is 0.105. The van der Waals surface area contributed by atoms with Crippen LogP contribution in [-0.2, 0) is 17.4 Å². The number of nitrogens with one attached hydrogen (secondary N) is 1. The number of aromatic nitrogens is 4. The molecule has 0 atom stereocenters. The van der Waals surface area contributed by atoms with Gasteiger partial charge < -0.3 is 19.6 Å². The molecule has 0 aliphatic heterocycles. The molecule has 218 valence electrons. The topological polar surface area (TPSA) is 102 Å². The first kappa shape index (κ1) is 27.1. The molecule has 8 heteroatoms. The summed E-state index contributed by atoms with van der Waals surface area (Å²) in [6.07, 6.45) is 11.9. The molecule has 0 radical (unpaired) electrons. The molecule has 2 aliphatic carbocycles. The minimum atomic E-state index is -0.991. The zero-order chi connectivity index (χ0) is 29.7. The van der Waals surface area contributed by atoms with E-state index in [2.05, 4.69) is 28.9 Å². The molecule has 0 saturated heterocycles. The van der Waals surface area contributed by atoms with Gasteiger partial charge >= 0.3 is 5.97 Å². The Bertz CT molecular complexity index is 1910. The van der Waals surface area contributed by atoms with Gasteiger partial charge in [0.2, 0.25) is 0 Å². The van der Waals surface area contributed by atoms with E-state index in [-0.39, 0.29) is 5.91 Å². The summed E-state index contributed by atoms with van der Waals surface area (Å²) in [6, 6.07) is 18.3. The number of aliphatic carboxylic acids is 1. The monoisotopic (exact) mass is 573 g/mol. The van der Waals surface area contributed by atoms with Crippen LogP contribution in [0.15, 0.2) is 66.9 Å². The van der Waals surface area contributed by atoms with Crippen molar-refractivity contribution in [3.8, 4) is 11.4 Å². The van der Waals surface area contributed by atoms with Crippen LogP contribution in [0.3, 0.4) is 0 Å². The largest absolute Gasteiger partial charge is 0.478 e. The fourth-order valence-electron chi connectivity index (χ4n) is 7.12. The van der Waals surface area contributed by atoms with E-state index in [9.17, 15) is 9.59 Å². The lowest BCUT2D eigenvalue weighted by Crippen LogP contribution is -2.52. The summed E-state index contributed by atoms with van der Waals surface area (Å²) in [7, 11) is 1.98. The standard InChI is InChI=1S/C35H35N5O3/c1-22-26-21-24(13-15-29(26)40(25-8-3-4-9-25)32(22)27-10-5-6-19-36-27)33(43)38-35(17-7-18-35)34-37-28-20-23(12-16-31(41)42)11-14-30(28)39(34)2/h5-6,10-16,19-21,25H,3-4,7-9,17-18H2,1-2H3,(H,38,43)(H,41,42)/b16-12+. The molecular weight excluding hydrogens is 538 g/mol. The van der Waals surface area contributed by atoms with Crippen molar-refractivity contribution in [1.29, 1.82) is 0 Å². The van der Waals surface area contributed by atoms with E-state index in [4.69, 9.17) is 15.1 Å². The summed E-state index contributed by atoms with van der Waals surface area (Å²) in [4.78, 5) is 34.5. The molecule has 1 amide bonds. The molecule has 2 aliphatic rings. The van der Waals surface area contributed by atoms with Gasteiger partial charge in [-0.15, -0.1) is 0 Å². The summed E-state index contributed by atoms with van der Waals surface area (Å²) in [5.41, 5.74) is 6.98. The van der Waals surface area contributed by atoms with Crippen LogP contribution in [0.4, 0.5) is 0 Å². The van der Waals surface area contributed by atoms with Crippen molar-refractivity contribution in [2.75, 3.05) is 0 Å². The fraction of sp³-hybridized carbons (Fsp3) is 0.314. The summed E-state index contributed by atoms with van der Waals surface area (Å²) >= 11 is 0. The Morgan fingerprint density at radius 1 is 1.02 bits per heavy atom. The maximum Gasteiger partial charge on any atom is 0.328 e. The normalized spacial score (nSPS) is 16.7. The Hall–Kier alpha value is -4.72. The molecule has 2 N–H and O–H groups in total. The van der Waals surface area contributed by atoms with Crippen LogP contribution in [-0.4, -0.2) is 36.1 Å². The molecule has 43 heavy (non-hydrogen) atoms. The van der Waals surface area contributed by atoms with E-state index in [1.165, 1.54) is 12.8 Å². The van der Waals surface area contributed by atoms with Gasteiger partial charge in [0.1, 0.15) is 5.82 Å². The van der Waals surface area contributed by atoms with E-state index >= 15 is 0 Å². The van der Waals surface area contributed by atoms with Gasteiger partial charge in [0.15, 0.2) is 0 Å². The predicted octanol–water partition coefficient (Wildman–Crippen LogP) is 6.92. The zero-order valence-electron chi connectivity index (χ0n) is 24.5. The lowest BCUT2D eigenvalue weighted by atomic mass is 9.75. The molecule has 8 nitrogen and oxygen atoms in total. The molecule has 2 aromatic carbocycles. The van der Waals surface area contributed by atoms with Crippen LogP contribution < -0.4 is 5.32 Å². The van der Waals surface area contributed by atoms with E-state index < -0.39 is 11.5 Å². The third-order valence-corrected chi connectivity index (χ3v) is 9.43. The van der Waals surface area contributed by atoms with Crippen molar-refractivity contribution in [1.82, 2.24) is 24.4 Å². The first-order chi connectivity index (χ1) is 20.8. The van der Waals surface area contributed by atoms with Crippen molar-refractivity contribution in [3.05, 3.63) is 89.4 Å². The summed E-state index contributed by atoms with van der Waals surface area (Å²) < 4.78 is 4.52. The lowest BCUT2D eigenvalue weighted by molar-refractivity contribution is -0.131. The van der Waals surface area contributed by atoms with Crippen molar-refractivity contribution >= 4 is 39.9 Å². The molecular formula is C35H35N5O3. The molecule has 0 spiro atoms. The number of pyridine rings is 1. The highest BCUT2D eigenvalue weighted by Crippen LogP contribution is 2.43. The zero-order valence-corrected chi connectivity index (χ0v) is 24.5. The second-order valence-electron chi connectivity index (χ2n) is 12.0. The molecule has 3 heterocycles. The smallest absolute Gasteiger partial charge is 0.328 e. The lowest BCUT2D eigenvalue weighted by Gasteiger charge is -2.41. The highest BCUT2D eigenvalue weighted by Gasteiger charge is 2.44. The number of amides is 1. The number of carbonyl (C=O) groups excluding carboxylic acids is 1. The third-order valence-electron chi connectivity index (χ3n) is 9.43. The average Bonchev–Trinajstić information content (AvgIpc) is 3.71. The Balaban J connectivity index is 1.24. The van der Waals surface area contributed by atoms with E-state index in [0.717, 1.165) is 88.5 Å². The van der Waals surface area contributed by atoms with Crippen molar-refractivity contribution in [2.45, 2.75) is 63.5 Å². The second kappa shape index (κ2) is 10.5. The third kappa shape index (κ3) is 4.61. The van der Waals surface area contributed by atoms with Crippen molar-refractivity contribution in [3.63, 3.8) is 0 Å². The predicted molar refractivity (Wildman–Crippen MR) is 168 cm³/mol. The number of aryl methyl sites for hydroxylation is 2. The number of imidazole rings is 1. The highest BCUT2D eigenvalue weighted by atomic mass is 16.4. The van der Waals surface area contributed by atoms with Gasteiger partial charge in [-0.2, -0.15) is 0 Å². The number of hydrogen-bond acceptors (Lipinski definition) is 4. The van der Waals surface area contributed by atoms with E-state index in [0.29, 0.717) is 11.6 Å². The number of carboxylic acid groups (broad SMARTS) is 1. The fourth-order valence-corrected chi connectivity index (χ4v) is 7.12. The number of nitrogens with zero attached hydrogens (tertiary/aromatic N) is 4. The van der Waals surface area contributed by atoms with Gasteiger partial charge in [0.25, 0.3) is 5.91 Å². The van der Waals surface area contributed by atoms with Gasteiger partial charge in [-0.25, -0.2) is 9.78 Å². The number of benzene rings is 2. The maximum absolute atomic E-state index is 13.9. The first-order valence-electron chi connectivity index (χ1n) is 15.1. The summed E-state index contributed by atoms with van der Waals surface area (Å²) in [5.74, 6) is -0.274. The van der Waals surface area contributed by atoms with Crippen LogP contribution >= 0.6 is 0 Å². The van der Waals surface area contributed by atoms with Gasteiger partial charge in [0.05, 0.1) is 28.0 Å². The van der Waals surface area contributed by atoms with Gasteiger partial charge in [-0.05, 0) is 98.7 Å². The number of rotatable bonds is 7. The number of carboxylic acids is 1. The molecule has 2 saturated carbocycles. The Morgan fingerprint density at radius 3 is 2.51 bits per heavy atom. The van der Waals surface area contributed by atoms with Crippen molar-refractivity contribution < 1.29 is 14.7 Å². The quantitative estimate of drug-likeness (QED) is 0.206. The Labute approximate surface area is 250 Å². The molecule has 0 unspecified atom stereocenters. The Kier molecular flexibility index (Phi) is 6.64. The molecule has 0 bridgehead atoms. The van der Waals surface area contributed by atoms with Crippen LogP contribution in [0.25, 0.3) is 39.4 Å². The summed E-state index contributed by atoms with van der Waals surface area (Å²) in [5, 5.41) is 13.5. The Morgan fingerprint density at radius 2 is 1.81 bits per heavy atom. The molecule has 7 rings (SSSR count). The minimum Gasteiger partial charge on any atom is -0.478 e. The van der Waals surface area contributed by atoms with Crippen LogP contribution in [0.2, 0.25) is 0 Å². The van der Waals surface area contributed by atoms with Gasteiger partial charge in [-0.1, -0.05) is 25.0 Å². The van der Waals surface area contributed by atoms with E-state index in [1.54, 1.807) is 6.08 Å². The molecule has 2 fully saturated rings. The maximum atomic E-state index is 13.9. The SMILES string of the molecule is Cc1c(-c2ccccn2)n(C2CCCC2)c2ccc(C(=O)NC3(c4nc5cc(/C=C/C(=O)O)ccc5n4C)CCC3)cc12. The molecule has 5 aromatic rings. The summed E-state index contributed by atoms with van der Waals surface area (Å²) in [6.45, 7) is 2.15. The van der Waals surface area contributed by atoms with Crippen molar-refractivity contribution in [2.24, 2.45) is 7.05 Å². The number of hydrogen-bond donors (Lipinski definition) is 2.